The van der Waals surface area contributed by atoms with E-state index < -0.39 is 5.97 Å². The van der Waals surface area contributed by atoms with Gasteiger partial charge in [-0.1, -0.05) is 26.7 Å². The topological polar surface area (TPSA) is 49.8 Å². The zero-order valence-electron chi connectivity index (χ0n) is 11.0. The van der Waals surface area contributed by atoms with Crippen molar-refractivity contribution < 1.29 is 14.6 Å². The highest BCUT2D eigenvalue weighted by atomic mass is 16.5. The molecule has 1 heterocycles. The Morgan fingerprint density at radius 1 is 1.53 bits per heavy atom. The van der Waals surface area contributed by atoms with Crippen LogP contribution in [-0.4, -0.2) is 47.8 Å². The van der Waals surface area contributed by atoms with Crippen LogP contribution in [0.1, 0.15) is 46.0 Å². The van der Waals surface area contributed by atoms with Gasteiger partial charge in [0.25, 0.3) is 0 Å². The van der Waals surface area contributed by atoms with Crippen molar-refractivity contribution in [3.05, 3.63) is 0 Å². The second-order valence-corrected chi connectivity index (χ2v) is 4.79. The summed E-state index contributed by atoms with van der Waals surface area (Å²) in [6.45, 7) is 6.80. The van der Waals surface area contributed by atoms with Gasteiger partial charge in [-0.05, 0) is 12.8 Å². The van der Waals surface area contributed by atoms with Gasteiger partial charge in [-0.15, -0.1) is 0 Å². The number of morpholine rings is 1. The first-order valence-electron chi connectivity index (χ1n) is 6.74. The quantitative estimate of drug-likeness (QED) is 0.744. The van der Waals surface area contributed by atoms with Crippen LogP contribution in [0.15, 0.2) is 0 Å². The van der Waals surface area contributed by atoms with Crippen molar-refractivity contribution in [2.75, 3.05) is 19.7 Å². The van der Waals surface area contributed by atoms with Gasteiger partial charge in [0.1, 0.15) is 0 Å². The molecule has 1 aliphatic rings. The number of aliphatic carboxylic acids is 1. The van der Waals surface area contributed by atoms with Crippen LogP contribution < -0.4 is 0 Å². The second kappa shape index (κ2) is 7.67. The minimum atomic E-state index is -0.765. The molecule has 17 heavy (non-hydrogen) atoms. The smallest absolute Gasteiger partial charge is 0.306 e. The predicted octanol–water partition coefficient (Wildman–Crippen LogP) is 2.13. The maximum absolute atomic E-state index is 10.7. The van der Waals surface area contributed by atoms with Crippen LogP contribution in [0.4, 0.5) is 0 Å². The molecule has 0 aliphatic carbocycles. The van der Waals surface area contributed by atoms with Gasteiger partial charge in [0.05, 0.1) is 19.1 Å². The Kier molecular flexibility index (Phi) is 6.52. The van der Waals surface area contributed by atoms with Gasteiger partial charge >= 0.3 is 5.97 Å². The fourth-order valence-electron chi connectivity index (χ4n) is 2.48. The molecule has 4 heteroatoms. The van der Waals surface area contributed by atoms with Crippen molar-refractivity contribution in [1.29, 1.82) is 0 Å². The molecular formula is C13H25NO3. The highest BCUT2D eigenvalue weighted by molar-refractivity contribution is 5.67. The van der Waals surface area contributed by atoms with Gasteiger partial charge in [0, 0.05) is 19.1 Å². The van der Waals surface area contributed by atoms with E-state index in [1.165, 1.54) is 19.3 Å². The van der Waals surface area contributed by atoms with Crippen molar-refractivity contribution in [2.45, 2.75) is 58.1 Å². The van der Waals surface area contributed by atoms with Crippen LogP contribution in [-0.2, 0) is 9.53 Å². The Morgan fingerprint density at radius 3 is 2.88 bits per heavy atom. The summed E-state index contributed by atoms with van der Waals surface area (Å²) in [5.74, 6) is -0.765. The lowest BCUT2D eigenvalue weighted by molar-refractivity contribution is -0.142. The summed E-state index contributed by atoms with van der Waals surface area (Å²) in [4.78, 5) is 13.1. The predicted molar refractivity (Wildman–Crippen MR) is 67.2 cm³/mol. The molecule has 0 aromatic carbocycles. The van der Waals surface area contributed by atoms with E-state index in [9.17, 15) is 4.79 Å². The first-order valence-corrected chi connectivity index (χ1v) is 6.74. The Labute approximate surface area is 104 Å². The minimum Gasteiger partial charge on any atom is -0.481 e. The molecule has 0 aromatic heterocycles. The normalized spacial score (nSPS) is 23.5. The number of carbonyl (C=O) groups is 1. The summed E-state index contributed by atoms with van der Waals surface area (Å²) in [6, 6.07) is 0.593. The molecule has 1 aliphatic heterocycles. The molecule has 0 spiro atoms. The average Bonchev–Trinajstić information content (AvgIpc) is 2.30. The second-order valence-electron chi connectivity index (χ2n) is 4.79. The van der Waals surface area contributed by atoms with E-state index in [1.807, 2.05) is 0 Å². The molecule has 1 rings (SSSR count). The zero-order chi connectivity index (χ0) is 12.7. The van der Waals surface area contributed by atoms with Crippen LogP contribution in [0.25, 0.3) is 0 Å². The zero-order valence-corrected chi connectivity index (χ0v) is 11.0. The lowest BCUT2D eigenvalue weighted by Crippen LogP contribution is -2.48. The van der Waals surface area contributed by atoms with Crippen LogP contribution in [0.2, 0.25) is 0 Å². The Morgan fingerprint density at radius 2 is 2.29 bits per heavy atom. The number of rotatable bonds is 7. The van der Waals surface area contributed by atoms with Gasteiger partial charge in [-0.3, -0.25) is 9.69 Å². The van der Waals surface area contributed by atoms with E-state index in [2.05, 4.69) is 18.7 Å². The first-order chi connectivity index (χ1) is 8.17. The van der Waals surface area contributed by atoms with Gasteiger partial charge in [-0.25, -0.2) is 0 Å². The Balaban J connectivity index is 2.42. The highest BCUT2D eigenvalue weighted by Gasteiger charge is 2.26. The first kappa shape index (κ1) is 14.5. The summed E-state index contributed by atoms with van der Waals surface area (Å²) in [5.41, 5.74) is 0. The third-order valence-electron chi connectivity index (χ3n) is 3.45. The number of carboxylic acid groups (broad SMARTS) is 1. The molecular weight excluding hydrogens is 218 g/mol. The monoisotopic (exact) mass is 243 g/mol. The van der Waals surface area contributed by atoms with E-state index in [-0.39, 0.29) is 12.5 Å². The maximum Gasteiger partial charge on any atom is 0.306 e. The van der Waals surface area contributed by atoms with E-state index in [4.69, 9.17) is 9.84 Å². The third kappa shape index (κ3) is 5.04. The highest BCUT2D eigenvalue weighted by Crippen LogP contribution is 2.17. The number of hydrogen-bond acceptors (Lipinski definition) is 3. The lowest BCUT2D eigenvalue weighted by atomic mass is 10.0. The number of ether oxygens (including phenoxy) is 1. The summed E-state index contributed by atoms with van der Waals surface area (Å²) < 4.78 is 5.50. The van der Waals surface area contributed by atoms with E-state index in [0.29, 0.717) is 12.6 Å². The molecule has 2 unspecified atom stereocenters. The number of nitrogens with zero attached hydrogens (tertiary/aromatic N) is 1. The number of carboxylic acids is 1. The van der Waals surface area contributed by atoms with E-state index in [0.717, 1.165) is 19.5 Å². The number of hydrogen-bond donors (Lipinski definition) is 1. The molecule has 0 saturated carbocycles. The summed E-state index contributed by atoms with van der Waals surface area (Å²) in [7, 11) is 0. The molecule has 0 radical (unpaired) electrons. The summed E-state index contributed by atoms with van der Waals surface area (Å²) in [5, 5.41) is 8.79. The van der Waals surface area contributed by atoms with E-state index >= 15 is 0 Å². The van der Waals surface area contributed by atoms with Crippen molar-refractivity contribution in [3.8, 4) is 0 Å². The summed E-state index contributed by atoms with van der Waals surface area (Å²) >= 11 is 0. The Bertz CT molecular complexity index is 233. The molecule has 2 atom stereocenters. The maximum atomic E-state index is 10.7. The summed E-state index contributed by atoms with van der Waals surface area (Å²) in [6.07, 6.45) is 4.82. The lowest BCUT2D eigenvalue weighted by Gasteiger charge is -2.37. The molecule has 0 bridgehead atoms. The van der Waals surface area contributed by atoms with Crippen LogP contribution in [0.5, 0.6) is 0 Å². The van der Waals surface area contributed by atoms with E-state index in [1.54, 1.807) is 0 Å². The molecule has 0 amide bonds. The fraction of sp³-hybridized carbons (Fsp3) is 0.923. The average molecular weight is 243 g/mol. The van der Waals surface area contributed by atoms with Gasteiger partial charge in [0.15, 0.2) is 0 Å². The fourth-order valence-corrected chi connectivity index (χ4v) is 2.48. The SMILES string of the molecule is CCCCC(CC)N1CCOC(CC(=O)O)C1. The minimum absolute atomic E-state index is 0.126. The third-order valence-corrected chi connectivity index (χ3v) is 3.45. The van der Waals surface area contributed by atoms with Crippen LogP contribution >= 0.6 is 0 Å². The van der Waals surface area contributed by atoms with Crippen molar-refractivity contribution in [1.82, 2.24) is 4.90 Å². The van der Waals surface area contributed by atoms with Crippen LogP contribution in [0, 0.1) is 0 Å². The van der Waals surface area contributed by atoms with Crippen LogP contribution in [0.3, 0.4) is 0 Å². The molecule has 1 fully saturated rings. The van der Waals surface area contributed by atoms with Crippen molar-refractivity contribution in [2.24, 2.45) is 0 Å². The molecule has 100 valence electrons. The van der Waals surface area contributed by atoms with Gasteiger partial charge < -0.3 is 9.84 Å². The molecule has 0 aromatic rings. The Hall–Kier alpha value is -0.610. The molecule has 1 N–H and O–H groups in total. The van der Waals surface area contributed by atoms with Crippen molar-refractivity contribution in [3.63, 3.8) is 0 Å². The molecule has 1 saturated heterocycles. The molecule has 4 nitrogen and oxygen atoms in total. The van der Waals surface area contributed by atoms with Crippen molar-refractivity contribution >= 4 is 5.97 Å². The largest absolute Gasteiger partial charge is 0.481 e. The van der Waals surface area contributed by atoms with Gasteiger partial charge in [-0.2, -0.15) is 0 Å². The van der Waals surface area contributed by atoms with Gasteiger partial charge in [0.2, 0.25) is 0 Å². The standard InChI is InChI=1S/C13H25NO3/c1-3-5-6-11(4-2)14-7-8-17-12(10-14)9-13(15)16/h11-12H,3-10H2,1-2H3,(H,15,16). The number of unbranched alkanes of at least 4 members (excludes halogenated alkanes) is 1.